The number of ether oxygens (including phenoxy) is 1. The Morgan fingerprint density at radius 3 is 2.70 bits per heavy atom. The normalized spacial score (nSPS) is 11.9. The minimum Gasteiger partial charge on any atom is -0.470 e. The maximum atomic E-state index is 5.83. The Balaban J connectivity index is 2.10. The van der Waals surface area contributed by atoms with E-state index in [1.165, 1.54) is 0 Å². The monoisotopic (exact) mass is 272 g/mol. The second-order valence-corrected chi connectivity index (χ2v) is 4.55. The van der Waals surface area contributed by atoms with Gasteiger partial charge in [0.2, 0.25) is 11.8 Å². The summed E-state index contributed by atoms with van der Waals surface area (Å²) in [5, 5.41) is 3.18. The minimum atomic E-state index is -0.0930. The third-order valence-electron chi connectivity index (χ3n) is 2.84. The SMILES string of the molecule is CCCNc1cc(OC(C)c2ccccc2)nc(N)n1. The fraction of sp³-hybridized carbons (Fsp3) is 0.333. The van der Waals surface area contributed by atoms with Crippen molar-refractivity contribution in [2.24, 2.45) is 0 Å². The summed E-state index contributed by atoms with van der Waals surface area (Å²) in [5.41, 5.74) is 6.79. The summed E-state index contributed by atoms with van der Waals surface area (Å²) in [6.45, 7) is 4.91. The largest absolute Gasteiger partial charge is 0.470 e. The van der Waals surface area contributed by atoms with Crippen LogP contribution < -0.4 is 15.8 Å². The van der Waals surface area contributed by atoms with Gasteiger partial charge in [0.1, 0.15) is 11.9 Å². The average molecular weight is 272 g/mol. The van der Waals surface area contributed by atoms with Gasteiger partial charge in [0, 0.05) is 12.6 Å². The molecule has 5 heteroatoms. The van der Waals surface area contributed by atoms with Crippen LogP contribution in [0.25, 0.3) is 0 Å². The van der Waals surface area contributed by atoms with Crippen molar-refractivity contribution in [3.8, 4) is 5.88 Å². The zero-order valence-corrected chi connectivity index (χ0v) is 11.8. The van der Waals surface area contributed by atoms with Gasteiger partial charge in [-0.2, -0.15) is 9.97 Å². The first-order chi connectivity index (χ1) is 9.69. The van der Waals surface area contributed by atoms with Crippen LogP contribution in [-0.2, 0) is 0 Å². The van der Waals surface area contributed by atoms with Crippen molar-refractivity contribution in [2.45, 2.75) is 26.4 Å². The van der Waals surface area contributed by atoms with Gasteiger partial charge in [-0.05, 0) is 18.9 Å². The summed E-state index contributed by atoms with van der Waals surface area (Å²) in [7, 11) is 0. The smallest absolute Gasteiger partial charge is 0.225 e. The molecule has 0 aliphatic heterocycles. The number of benzene rings is 1. The molecular formula is C15H20N4O. The van der Waals surface area contributed by atoms with Crippen molar-refractivity contribution < 1.29 is 4.74 Å². The van der Waals surface area contributed by atoms with Crippen LogP contribution in [0, 0.1) is 0 Å². The summed E-state index contributed by atoms with van der Waals surface area (Å²) in [6.07, 6.45) is 0.921. The summed E-state index contributed by atoms with van der Waals surface area (Å²) < 4.78 is 5.83. The fourth-order valence-corrected chi connectivity index (χ4v) is 1.82. The number of hydrogen-bond acceptors (Lipinski definition) is 5. The molecule has 0 amide bonds. The molecule has 0 saturated carbocycles. The molecule has 0 aliphatic carbocycles. The van der Waals surface area contributed by atoms with Crippen molar-refractivity contribution in [2.75, 3.05) is 17.6 Å². The number of nitrogen functional groups attached to an aromatic ring is 1. The Kier molecular flexibility index (Phi) is 4.76. The lowest BCUT2D eigenvalue weighted by Crippen LogP contribution is -2.09. The molecule has 1 aromatic heterocycles. The molecule has 0 aliphatic rings. The topological polar surface area (TPSA) is 73.1 Å². The van der Waals surface area contributed by atoms with E-state index in [9.17, 15) is 0 Å². The first-order valence-electron chi connectivity index (χ1n) is 6.79. The van der Waals surface area contributed by atoms with Gasteiger partial charge in [0.15, 0.2) is 0 Å². The first kappa shape index (κ1) is 14.1. The van der Waals surface area contributed by atoms with Crippen molar-refractivity contribution in [3.63, 3.8) is 0 Å². The van der Waals surface area contributed by atoms with Crippen molar-refractivity contribution in [3.05, 3.63) is 42.0 Å². The predicted octanol–water partition coefficient (Wildman–Crippen LogP) is 3.02. The van der Waals surface area contributed by atoms with E-state index in [1.54, 1.807) is 6.07 Å². The number of anilines is 2. The van der Waals surface area contributed by atoms with Gasteiger partial charge < -0.3 is 15.8 Å². The Morgan fingerprint density at radius 1 is 1.25 bits per heavy atom. The molecular weight excluding hydrogens is 252 g/mol. The zero-order chi connectivity index (χ0) is 14.4. The van der Waals surface area contributed by atoms with E-state index in [4.69, 9.17) is 10.5 Å². The predicted molar refractivity (Wildman–Crippen MR) is 80.7 cm³/mol. The molecule has 0 fully saturated rings. The lowest BCUT2D eigenvalue weighted by atomic mass is 10.1. The van der Waals surface area contributed by atoms with E-state index in [2.05, 4.69) is 22.2 Å². The standard InChI is InChI=1S/C15H20N4O/c1-3-9-17-13-10-14(19-15(16)18-13)20-11(2)12-7-5-4-6-8-12/h4-8,10-11H,3,9H2,1-2H3,(H3,16,17,18,19). The van der Waals surface area contributed by atoms with Crippen LogP contribution >= 0.6 is 0 Å². The fourth-order valence-electron chi connectivity index (χ4n) is 1.82. The maximum absolute atomic E-state index is 5.83. The summed E-state index contributed by atoms with van der Waals surface area (Å²) in [6, 6.07) is 11.8. The number of nitrogens with one attached hydrogen (secondary N) is 1. The van der Waals surface area contributed by atoms with Crippen LogP contribution in [0.1, 0.15) is 31.9 Å². The highest BCUT2D eigenvalue weighted by atomic mass is 16.5. The Hall–Kier alpha value is -2.30. The molecule has 1 unspecified atom stereocenters. The van der Waals surface area contributed by atoms with Gasteiger partial charge in [-0.25, -0.2) is 0 Å². The highest BCUT2D eigenvalue weighted by Crippen LogP contribution is 2.22. The van der Waals surface area contributed by atoms with Crippen LogP contribution in [0.15, 0.2) is 36.4 Å². The molecule has 1 heterocycles. The number of rotatable bonds is 6. The molecule has 0 radical (unpaired) electrons. The van der Waals surface area contributed by atoms with E-state index in [0.29, 0.717) is 11.7 Å². The van der Waals surface area contributed by atoms with Crippen LogP contribution in [0.3, 0.4) is 0 Å². The van der Waals surface area contributed by atoms with Crippen LogP contribution in [0.2, 0.25) is 0 Å². The summed E-state index contributed by atoms with van der Waals surface area (Å²) >= 11 is 0. The molecule has 20 heavy (non-hydrogen) atoms. The Labute approximate surface area is 119 Å². The van der Waals surface area contributed by atoms with Gasteiger partial charge in [0.05, 0.1) is 0 Å². The van der Waals surface area contributed by atoms with Gasteiger partial charge in [0.25, 0.3) is 0 Å². The molecule has 0 saturated heterocycles. The molecule has 2 rings (SSSR count). The van der Waals surface area contributed by atoms with E-state index in [1.807, 2.05) is 37.3 Å². The molecule has 2 aromatic rings. The van der Waals surface area contributed by atoms with Crippen LogP contribution in [-0.4, -0.2) is 16.5 Å². The van der Waals surface area contributed by atoms with Gasteiger partial charge in [-0.3, -0.25) is 0 Å². The molecule has 0 spiro atoms. The molecule has 106 valence electrons. The highest BCUT2D eigenvalue weighted by Gasteiger charge is 2.09. The number of aromatic nitrogens is 2. The number of nitrogens with two attached hydrogens (primary N) is 1. The molecule has 1 aromatic carbocycles. The van der Waals surface area contributed by atoms with Crippen molar-refractivity contribution >= 4 is 11.8 Å². The third kappa shape index (κ3) is 3.85. The van der Waals surface area contributed by atoms with E-state index in [0.717, 1.165) is 18.5 Å². The van der Waals surface area contributed by atoms with E-state index in [-0.39, 0.29) is 12.1 Å². The quantitative estimate of drug-likeness (QED) is 0.845. The summed E-state index contributed by atoms with van der Waals surface area (Å²) in [5.74, 6) is 1.38. The van der Waals surface area contributed by atoms with Gasteiger partial charge in [-0.15, -0.1) is 0 Å². The average Bonchev–Trinajstić information content (AvgIpc) is 2.45. The van der Waals surface area contributed by atoms with E-state index < -0.39 is 0 Å². The minimum absolute atomic E-state index is 0.0930. The number of nitrogens with zero attached hydrogens (tertiary/aromatic N) is 2. The Morgan fingerprint density at radius 2 is 2.00 bits per heavy atom. The first-order valence-corrected chi connectivity index (χ1v) is 6.79. The molecule has 1 atom stereocenters. The second kappa shape index (κ2) is 6.75. The molecule has 3 N–H and O–H groups in total. The highest BCUT2D eigenvalue weighted by molar-refractivity contribution is 5.42. The van der Waals surface area contributed by atoms with Crippen molar-refractivity contribution in [1.82, 2.24) is 9.97 Å². The van der Waals surface area contributed by atoms with Crippen LogP contribution in [0.4, 0.5) is 11.8 Å². The lowest BCUT2D eigenvalue weighted by molar-refractivity contribution is 0.217. The molecule has 0 bridgehead atoms. The van der Waals surface area contributed by atoms with Crippen molar-refractivity contribution in [1.29, 1.82) is 0 Å². The second-order valence-electron chi connectivity index (χ2n) is 4.55. The van der Waals surface area contributed by atoms with Gasteiger partial charge in [-0.1, -0.05) is 37.3 Å². The molecule has 5 nitrogen and oxygen atoms in total. The van der Waals surface area contributed by atoms with Gasteiger partial charge >= 0.3 is 0 Å². The van der Waals surface area contributed by atoms with Crippen LogP contribution in [0.5, 0.6) is 5.88 Å². The Bertz CT molecular complexity index is 545. The number of hydrogen-bond donors (Lipinski definition) is 2. The zero-order valence-electron chi connectivity index (χ0n) is 11.8. The summed E-state index contributed by atoms with van der Waals surface area (Å²) in [4.78, 5) is 8.24. The maximum Gasteiger partial charge on any atom is 0.225 e. The lowest BCUT2D eigenvalue weighted by Gasteiger charge is -2.15. The third-order valence-corrected chi connectivity index (χ3v) is 2.84. The van der Waals surface area contributed by atoms with E-state index >= 15 is 0 Å².